The van der Waals surface area contributed by atoms with E-state index in [0.29, 0.717) is 5.69 Å². The molecule has 0 aromatic heterocycles. The minimum atomic E-state index is -1.83. The molecule has 0 saturated heterocycles. The molecule has 1 aromatic carbocycles. The zero-order chi connectivity index (χ0) is 11.4. The van der Waals surface area contributed by atoms with Crippen LogP contribution in [0.5, 0.6) is 0 Å². The molecule has 0 saturated carbocycles. The van der Waals surface area contributed by atoms with Gasteiger partial charge in [-0.1, -0.05) is 6.07 Å². The van der Waals surface area contributed by atoms with Crippen LogP contribution in [-0.2, 0) is 0 Å². The number of carbonyl (C=O) groups is 1. The molecular weight excluding hydrogens is 217 g/mol. The van der Waals surface area contributed by atoms with E-state index < -0.39 is 13.1 Å². The predicted molar refractivity (Wildman–Crippen MR) is 57.9 cm³/mol. The normalized spacial score (nSPS) is 9.20. The fourth-order valence-corrected chi connectivity index (χ4v) is 1.18. The summed E-state index contributed by atoms with van der Waals surface area (Å²) in [6.07, 6.45) is 0. The second-order valence-corrected chi connectivity index (χ2v) is 2.84. The Balaban J connectivity index is 3.32. The van der Waals surface area contributed by atoms with E-state index in [-0.39, 0.29) is 11.0 Å². The van der Waals surface area contributed by atoms with Crippen LogP contribution in [0.15, 0.2) is 23.2 Å². The number of thiocarbonyl (C=S) groups is 1. The highest BCUT2D eigenvalue weighted by molar-refractivity contribution is 7.78. The van der Waals surface area contributed by atoms with Gasteiger partial charge in [0, 0.05) is 0 Å². The van der Waals surface area contributed by atoms with Gasteiger partial charge in [-0.2, -0.15) is 4.99 Å². The van der Waals surface area contributed by atoms with Gasteiger partial charge < -0.3 is 15.2 Å². The van der Waals surface area contributed by atoms with E-state index in [1.54, 1.807) is 0 Å². The second kappa shape index (κ2) is 4.81. The van der Waals surface area contributed by atoms with Gasteiger partial charge in [0.1, 0.15) is 0 Å². The first-order chi connectivity index (χ1) is 7.06. The molecule has 1 aromatic rings. The first kappa shape index (κ1) is 11.5. The van der Waals surface area contributed by atoms with Crippen LogP contribution in [-0.4, -0.2) is 33.4 Å². The Morgan fingerprint density at radius 1 is 1.47 bits per heavy atom. The SMILES string of the molecule is O=C(O)c1cc(N=C=S)ccc1B(O)O. The molecule has 0 bridgehead atoms. The average Bonchev–Trinajstić information content (AvgIpc) is 2.17. The number of rotatable bonds is 3. The predicted octanol–water partition coefficient (Wildman–Crippen LogP) is -0.201. The van der Waals surface area contributed by atoms with Gasteiger partial charge in [-0.05, 0) is 29.8 Å². The summed E-state index contributed by atoms with van der Waals surface area (Å²) < 4.78 is 0. The Bertz CT molecular complexity index is 442. The average molecular weight is 223 g/mol. The summed E-state index contributed by atoms with van der Waals surface area (Å²) in [4.78, 5) is 14.4. The fraction of sp³-hybridized carbons (Fsp3) is 0. The van der Waals surface area contributed by atoms with E-state index >= 15 is 0 Å². The Kier molecular flexibility index (Phi) is 3.71. The second-order valence-electron chi connectivity index (χ2n) is 2.65. The minimum absolute atomic E-state index is 0.0918. The van der Waals surface area contributed by atoms with Crippen LogP contribution in [0.1, 0.15) is 10.4 Å². The number of nitrogens with zero attached hydrogens (tertiary/aromatic N) is 1. The molecule has 7 heteroatoms. The maximum Gasteiger partial charge on any atom is 0.489 e. The summed E-state index contributed by atoms with van der Waals surface area (Å²) in [6, 6.07) is 3.87. The van der Waals surface area contributed by atoms with Crippen molar-refractivity contribution in [3.05, 3.63) is 23.8 Å². The topological polar surface area (TPSA) is 90.1 Å². The van der Waals surface area contributed by atoms with Crippen molar-refractivity contribution < 1.29 is 19.9 Å². The molecule has 0 unspecified atom stereocenters. The highest BCUT2D eigenvalue weighted by Gasteiger charge is 2.20. The molecule has 0 aliphatic rings. The maximum atomic E-state index is 10.8. The van der Waals surface area contributed by atoms with E-state index in [9.17, 15) is 4.79 Å². The molecule has 0 aliphatic carbocycles. The zero-order valence-electron chi connectivity index (χ0n) is 7.41. The summed E-state index contributed by atoms with van der Waals surface area (Å²) in [5, 5.41) is 28.7. The minimum Gasteiger partial charge on any atom is -0.478 e. The van der Waals surface area contributed by atoms with Gasteiger partial charge in [-0.3, -0.25) is 0 Å². The lowest BCUT2D eigenvalue weighted by Gasteiger charge is -2.04. The van der Waals surface area contributed by atoms with Gasteiger partial charge in [-0.15, -0.1) is 0 Å². The molecule has 0 heterocycles. The number of hydrogen-bond acceptors (Lipinski definition) is 5. The molecule has 15 heavy (non-hydrogen) atoms. The van der Waals surface area contributed by atoms with Crippen LogP contribution in [0.2, 0.25) is 0 Å². The third-order valence-electron chi connectivity index (χ3n) is 1.72. The lowest BCUT2D eigenvalue weighted by molar-refractivity contribution is 0.0698. The largest absolute Gasteiger partial charge is 0.489 e. The molecule has 0 fully saturated rings. The van der Waals surface area contributed by atoms with Gasteiger partial charge >= 0.3 is 13.1 Å². The monoisotopic (exact) mass is 223 g/mol. The summed E-state index contributed by atoms with van der Waals surface area (Å²) in [7, 11) is -1.83. The summed E-state index contributed by atoms with van der Waals surface area (Å²) in [6.45, 7) is 0. The van der Waals surface area contributed by atoms with Gasteiger partial charge in [-0.25, -0.2) is 4.79 Å². The van der Waals surface area contributed by atoms with Gasteiger partial charge in [0.2, 0.25) is 0 Å². The van der Waals surface area contributed by atoms with E-state index in [1.165, 1.54) is 18.2 Å². The van der Waals surface area contributed by atoms with Gasteiger partial charge in [0.15, 0.2) is 0 Å². The van der Waals surface area contributed by atoms with E-state index in [2.05, 4.69) is 22.4 Å². The zero-order valence-corrected chi connectivity index (χ0v) is 8.23. The molecule has 5 nitrogen and oxygen atoms in total. The molecule has 0 aliphatic heterocycles. The Morgan fingerprint density at radius 3 is 2.60 bits per heavy atom. The third kappa shape index (κ3) is 2.71. The number of carboxylic acids is 1. The Morgan fingerprint density at radius 2 is 2.13 bits per heavy atom. The number of carboxylic acid groups (broad SMARTS) is 1. The van der Waals surface area contributed by atoms with Crippen molar-refractivity contribution >= 4 is 41.6 Å². The Hall–Kier alpha value is -1.53. The number of hydrogen-bond donors (Lipinski definition) is 3. The number of benzene rings is 1. The molecule has 0 spiro atoms. The van der Waals surface area contributed by atoms with E-state index in [1.807, 2.05) is 0 Å². The highest BCUT2D eigenvalue weighted by Crippen LogP contribution is 2.12. The smallest absolute Gasteiger partial charge is 0.478 e. The summed E-state index contributed by atoms with van der Waals surface area (Å²) in [5.41, 5.74) is -0.0193. The first-order valence-electron chi connectivity index (χ1n) is 3.87. The number of aliphatic imine (C=N–C) groups is 1. The van der Waals surface area contributed by atoms with Crippen LogP contribution in [0.25, 0.3) is 0 Å². The number of aromatic carboxylic acids is 1. The fourth-order valence-electron chi connectivity index (χ4n) is 1.08. The van der Waals surface area contributed by atoms with Crippen molar-refractivity contribution in [1.29, 1.82) is 0 Å². The summed E-state index contributed by atoms with van der Waals surface area (Å²) in [5.74, 6) is -1.26. The van der Waals surface area contributed by atoms with Crippen LogP contribution < -0.4 is 5.46 Å². The van der Waals surface area contributed by atoms with E-state index in [0.717, 1.165) is 0 Å². The first-order valence-corrected chi connectivity index (χ1v) is 4.28. The molecule has 0 radical (unpaired) electrons. The van der Waals surface area contributed by atoms with Crippen LogP contribution >= 0.6 is 12.2 Å². The molecule has 1 rings (SSSR count). The maximum absolute atomic E-state index is 10.8. The van der Waals surface area contributed by atoms with Crippen molar-refractivity contribution in [2.45, 2.75) is 0 Å². The third-order valence-corrected chi connectivity index (χ3v) is 1.81. The lowest BCUT2D eigenvalue weighted by atomic mass is 9.77. The Labute approximate surface area is 90.9 Å². The van der Waals surface area contributed by atoms with Crippen LogP contribution in [0, 0.1) is 0 Å². The molecule has 0 atom stereocenters. The quantitative estimate of drug-likeness (QED) is 0.375. The van der Waals surface area contributed by atoms with Crippen molar-refractivity contribution in [1.82, 2.24) is 0 Å². The molecule has 76 valence electrons. The van der Waals surface area contributed by atoms with Crippen molar-refractivity contribution in [3.63, 3.8) is 0 Å². The highest BCUT2D eigenvalue weighted by atomic mass is 32.1. The van der Waals surface area contributed by atoms with Gasteiger partial charge in [0.05, 0.1) is 16.4 Å². The standard InChI is InChI=1S/C8H6BNO4S/c11-8(12)6-3-5(10-4-15)1-2-7(6)9(13)14/h1-3,13-14H,(H,11,12). The molecule has 3 N–H and O–H groups in total. The molecular formula is C8H6BNO4S. The molecule has 0 amide bonds. The van der Waals surface area contributed by atoms with Crippen LogP contribution in [0.3, 0.4) is 0 Å². The number of isothiocyanates is 1. The van der Waals surface area contributed by atoms with Crippen molar-refractivity contribution in [2.75, 3.05) is 0 Å². The van der Waals surface area contributed by atoms with E-state index in [4.69, 9.17) is 15.2 Å². The van der Waals surface area contributed by atoms with Crippen LogP contribution in [0.4, 0.5) is 5.69 Å². The summed E-state index contributed by atoms with van der Waals surface area (Å²) >= 11 is 4.36. The lowest BCUT2D eigenvalue weighted by Crippen LogP contribution is -2.34. The van der Waals surface area contributed by atoms with Crippen molar-refractivity contribution in [2.24, 2.45) is 4.99 Å². The van der Waals surface area contributed by atoms with Gasteiger partial charge in [0.25, 0.3) is 0 Å². The van der Waals surface area contributed by atoms with Crippen molar-refractivity contribution in [3.8, 4) is 0 Å².